The largest absolute Gasteiger partial charge is 0.465 e. The molecule has 1 aliphatic carbocycles. The number of nitriles is 1. The van der Waals surface area contributed by atoms with Crippen LogP contribution in [0.1, 0.15) is 36.8 Å². The molecule has 0 bridgehead atoms. The minimum absolute atomic E-state index is 0.170. The van der Waals surface area contributed by atoms with Crippen LogP contribution < -0.4 is 0 Å². The Balaban J connectivity index is 1.69. The minimum atomic E-state index is -0.170. The van der Waals surface area contributed by atoms with E-state index in [0.29, 0.717) is 37.5 Å². The summed E-state index contributed by atoms with van der Waals surface area (Å²) >= 11 is 0. The molecule has 0 saturated carbocycles. The lowest BCUT2D eigenvalue weighted by atomic mass is 9.72. The van der Waals surface area contributed by atoms with Gasteiger partial charge in [-0.3, -0.25) is 9.69 Å². The number of piperidine rings is 1. The molecule has 1 fully saturated rings. The highest BCUT2D eigenvalue weighted by Gasteiger charge is 2.41. The van der Waals surface area contributed by atoms with E-state index in [1.54, 1.807) is 0 Å². The SMILES string of the molecule is CCOC(=O)CN1C[C@H](CC#N)C[C@@H]2c3cccc4[nH]cc(c34)C[C@H]21. The Labute approximate surface area is 147 Å². The fourth-order valence-corrected chi connectivity index (χ4v) is 4.73. The van der Waals surface area contributed by atoms with Crippen LogP contribution in [0.2, 0.25) is 0 Å². The van der Waals surface area contributed by atoms with Gasteiger partial charge in [-0.25, -0.2) is 0 Å². The summed E-state index contributed by atoms with van der Waals surface area (Å²) in [5.74, 6) is 0.502. The van der Waals surface area contributed by atoms with E-state index in [1.807, 2.05) is 6.92 Å². The predicted molar refractivity (Wildman–Crippen MR) is 95.1 cm³/mol. The summed E-state index contributed by atoms with van der Waals surface area (Å²) in [6.45, 7) is 3.35. The number of likely N-dealkylation sites (tertiary alicyclic amines) is 1. The van der Waals surface area contributed by atoms with Crippen molar-refractivity contribution in [3.05, 3.63) is 35.5 Å². The number of nitrogens with one attached hydrogen (secondary N) is 1. The van der Waals surface area contributed by atoms with Gasteiger partial charge in [-0.15, -0.1) is 0 Å². The molecule has 130 valence electrons. The van der Waals surface area contributed by atoms with Crippen molar-refractivity contribution in [2.75, 3.05) is 19.7 Å². The summed E-state index contributed by atoms with van der Waals surface area (Å²) in [6, 6.07) is 9.06. The van der Waals surface area contributed by atoms with Gasteiger partial charge in [0.2, 0.25) is 0 Å². The second kappa shape index (κ2) is 6.53. The van der Waals surface area contributed by atoms with Gasteiger partial charge in [0.05, 0.1) is 19.2 Å². The van der Waals surface area contributed by atoms with Crippen molar-refractivity contribution < 1.29 is 9.53 Å². The van der Waals surface area contributed by atoms with E-state index in [9.17, 15) is 10.1 Å². The topological polar surface area (TPSA) is 69.1 Å². The molecule has 1 N–H and O–H groups in total. The van der Waals surface area contributed by atoms with E-state index < -0.39 is 0 Å². The summed E-state index contributed by atoms with van der Waals surface area (Å²) in [7, 11) is 0. The quantitative estimate of drug-likeness (QED) is 0.871. The third-order valence-electron chi connectivity index (χ3n) is 5.68. The minimum Gasteiger partial charge on any atom is -0.465 e. The van der Waals surface area contributed by atoms with Gasteiger partial charge in [-0.2, -0.15) is 5.26 Å². The van der Waals surface area contributed by atoms with Gasteiger partial charge in [0.1, 0.15) is 0 Å². The van der Waals surface area contributed by atoms with Gasteiger partial charge in [-0.05, 0) is 42.9 Å². The highest BCUT2D eigenvalue weighted by atomic mass is 16.5. The molecule has 25 heavy (non-hydrogen) atoms. The molecule has 5 heteroatoms. The van der Waals surface area contributed by atoms with E-state index in [-0.39, 0.29) is 5.97 Å². The lowest BCUT2D eigenvalue weighted by Crippen LogP contribution is -2.51. The van der Waals surface area contributed by atoms with Gasteiger partial charge >= 0.3 is 5.97 Å². The van der Waals surface area contributed by atoms with Crippen LogP contribution in [0.25, 0.3) is 10.9 Å². The molecule has 3 atom stereocenters. The molecule has 0 radical (unpaired) electrons. The standard InChI is InChI=1S/C20H23N3O2/c1-2-25-19(24)12-23-11-13(6-7-21)8-16-15-4-3-5-17-20(15)14(10-22-17)9-18(16)23/h3-5,10,13,16,18,22H,2,6,8-9,11-12H2,1H3/t13-,16-,18-/m1/s1. The maximum absolute atomic E-state index is 12.1. The van der Waals surface area contributed by atoms with Gasteiger partial charge in [0, 0.05) is 42.0 Å². The number of benzene rings is 1. The number of esters is 1. The number of ether oxygens (including phenoxy) is 1. The van der Waals surface area contributed by atoms with Crippen LogP contribution in [0.15, 0.2) is 24.4 Å². The zero-order chi connectivity index (χ0) is 17.4. The van der Waals surface area contributed by atoms with Crippen molar-refractivity contribution in [1.29, 1.82) is 5.26 Å². The average molecular weight is 337 g/mol. The predicted octanol–water partition coefficient (Wildman–Crippen LogP) is 2.97. The summed E-state index contributed by atoms with van der Waals surface area (Å²) in [5, 5.41) is 10.5. The van der Waals surface area contributed by atoms with Crippen LogP contribution in [0.3, 0.4) is 0 Å². The fraction of sp³-hybridized carbons (Fsp3) is 0.500. The van der Waals surface area contributed by atoms with Crippen LogP contribution in [-0.2, 0) is 16.0 Å². The van der Waals surface area contributed by atoms with Crippen LogP contribution in [-0.4, -0.2) is 41.6 Å². The number of H-pyrrole nitrogens is 1. The summed E-state index contributed by atoms with van der Waals surface area (Å²) in [6.07, 6.45) is 4.61. The first kappa shape index (κ1) is 16.2. The number of rotatable bonds is 4. The van der Waals surface area contributed by atoms with Crippen molar-refractivity contribution >= 4 is 16.9 Å². The summed E-state index contributed by atoms with van der Waals surface area (Å²) in [5.41, 5.74) is 3.88. The molecule has 1 aliphatic heterocycles. The zero-order valence-corrected chi connectivity index (χ0v) is 14.5. The first-order valence-electron chi connectivity index (χ1n) is 9.06. The number of hydrogen-bond acceptors (Lipinski definition) is 4. The molecular weight excluding hydrogens is 314 g/mol. The molecule has 4 rings (SSSR count). The molecular formula is C20H23N3O2. The number of aromatic amines is 1. The van der Waals surface area contributed by atoms with E-state index in [1.165, 1.54) is 22.0 Å². The van der Waals surface area contributed by atoms with Crippen molar-refractivity contribution in [2.45, 2.75) is 38.1 Å². The van der Waals surface area contributed by atoms with Gasteiger partial charge < -0.3 is 9.72 Å². The van der Waals surface area contributed by atoms with Crippen LogP contribution >= 0.6 is 0 Å². The van der Waals surface area contributed by atoms with Gasteiger partial charge in [0.25, 0.3) is 0 Å². The Morgan fingerprint density at radius 1 is 1.48 bits per heavy atom. The Morgan fingerprint density at radius 3 is 3.16 bits per heavy atom. The lowest BCUT2D eigenvalue weighted by molar-refractivity contribution is -0.146. The van der Waals surface area contributed by atoms with Crippen molar-refractivity contribution in [2.24, 2.45) is 5.92 Å². The maximum atomic E-state index is 12.1. The third kappa shape index (κ3) is 2.81. The molecule has 1 saturated heterocycles. The van der Waals surface area contributed by atoms with Gasteiger partial charge in [-0.1, -0.05) is 12.1 Å². The Hall–Kier alpha value is -2.32. The molecule has 0 spiro atoms. The smallest absolute Gasteiger partial charge is 0.320 e. The molecule has 2 heterocycles. The molecule has 1 aromatic heterocycles. The second-order valence-corrected chi connectivity index (χ2v) is 7.16. The first-order chi connectivity index (χ1) is 12.2. The number of carbonyl (C=O) groups excluding carboxylic acids is 1. The van der Waals surface area contributed by atoms with Crippen LogP contribution in [0, 0.1) is 17.2 Å². The van der Waals surface area contributed by atoms with E-state index in [4.69, 9.17) is 4.74 Å². The number of hydrogen-bond donors (Lipinski definition) is 1. The fourth-order valence-electron chi connectivity index (χ4n) is 4.73. The molecule has 2 aliphatic rings. The van der Waals surface area contributed by atoms with Crippen molar-refractivity contribution in [1.82, 2.24) is 9.88 Å². The molecule has 2 aromatic rings. The monoisotopic (exact) mass is 337 g/mol. The van der Waals surface area contributed by atoms with E-state index in [2.05, 4.69) is 40.3 Å². The highest BCUT2D eigenvalue weighted by Crippen LogP contribution is 2.45. The second-order valence-electron chi connectivity index (χ2n) is 7.16. The third-order valence-corrected chi connectivity index (χ3v) is 5.68. The maximum Gasteiger partial charge on any atom is 0.320 e. The number of nitrogens with zero attached hydrogens (tertiary/aromatic N) is 2. The Morgan fingerprint density at radius 2 is 2.36 bits per heavy atom. The summed E-state index contributed by atoms with van der Waals surface area (Å²) < 4.78 is 5.18. The number of fused-ring (bicyclic) bond motifs is 2. The highest BCUT2D eigenvalue weighted by molar-refractivity contribution is 5.88. The molecule has 0 amide bonds. The van der Waals surface area contributed by atoms with Crippen molar-refractivity contribution in [3.8, 4) is 6.07 Å². The molecule has 1 aromatic carbocycles. The summed E-state index contributed by atoms with van der Waals surface area (Å²) in [4.78, 5) is 17.7. The van der Waals surface area contributed by atoms with Crippen molar-refractivity contribution in [3.63, 3.8) is 0 Å². The Bertz CT molecular complexity index is 835. The molecule has 0 unspecified atom stereocenters. The number of aromatic nitrogens is 1. The van der Waals surface area contributed by atoms with Crippen LogP contribution in [0.4, 0.5) is 0 Å². The normalized spacial score (nSPS) is 25.4. The Kier molecular flexibility index (Phi) is 4.22. The number of carbonyl (C=O) groups is 1. The van der Waals surface area contributed by atoms with E-state index in [0.717, 1.165) is 19.4 Å². The lowest BCUT2D eigenvalue weighted by Gasteiger charge is -2.46. The zero-order valence-electron chi connectivity index (χ0n) is 14.5. The first-order valence-corrected chi connectivity index (χ1v) is 9.06. The molecule has 5 nitrogen and oxygen atoms in total. The van der Waals surface area contributed by atoms with Gasteiger partial charge in [0.15, 0.2) is 0 Å². The average Bonchev–Trinajstić information content (AvgIpc) is 3.01. The van der Waals surface area contributed by atoms with Crippen LogP contribution in [0.5, 0.6) is 0 Å². The van der Waals surface area contributed by atoms with E-state index >= 15 is 0 Å².